The van der Waals surface area contributed by atoms with Gasteiger partial charge in [-0.05, 0) is 49.6 Å². The van der Waals surface area contributed by atoms with Crippen LogP contribution in [0.25, 0.3) is 0 Å². The second-order valence-electron chi connectivity index (χ2n) is 5.13. The molecule has 2 amide bonds. The van der Waals surface area contributed by atoms with Gasteiger partial charge in [0, 0.05) is 23.9 Å². The molecule has 2 aromatic rings. The normalized spacial score (nSPS) is 12.1. The Balaban J connectivity index is 1.68. The summed E-state index contributed by atoms with van der Waals surface area (Å²) in [5.74, 6) is 0. The largest absolute Gasteiger partial charge is 0.338 e. The average Bonchev–Trinajstić information content (AvgIpc) is 2.99. The molecule has 0 radical (unpaired) electrons. The van der Waals surface area contributed by atoms with E-state index in [1.807, 2.05) is 20.8 Å². The molecule has 2 N–H and O–H groups in total. The number of thiophene rings is 1. The van der Waals surface area contributed by atoms with Gasteiger partial charge in [0.25, 0.3) is 0 Å². The van der Waals surface area contributed by atoms with Gasteiger partial charge >= 0.3 is 6.03 Å². The fourth-order valence-electron chi connectivity index (χ4n) is 2.18. The van der Waals surface area contributed by atoms with Crippen molar-refractivity contribution in [2.75, 3.05) is 6.54 Å². The number of aryl methyl sites for hydroxylation is 2. The molecule has 4 nitrogen and oxygen atoms in total. The van der Waals surface area contributed by atoms with Crippen LogP contribution in [0, 0.1) is 13.8 Å². The van der Waals surface area contributed by atoms with Gasteiger partial charge in [-0.25, -0.2) is 9.78 Å². The zero-order valence-corrected chi connectivity index (χ0v) is 14.2. The summed E-state index contributed by atoms with van der Waals surface area (Å²) in [6.07, 6.45) is 1.70. The summed E-state index contributed by atoms with van der Waals surface area (Å²) in [6.45, 7) is 6.68. The number of nitrogens with one attached hydrogen (secondary N) is 2. The van der Waals surface area contributed by atoms with E-state index in [1.54, 1.807) is 22.7 Å². The molecule has 0 aliphatic heterocycles. The number of carbonyl (C=O) groups is 1. The van der Waals surface area contributed by atoms with Gasteiger partial charge in [0.2, 0.25) is 0 Å². The molecule has 2 aromatic heterocycles. The SMILES string of the molecule is Cc1nc(C)c(CCNC(=O)NC(C)Cc2ccsc2)s1. The predicted octanol–water partition coefficient (Wildman–Crippen LogP) is 3.29. The Morgan fingerprint density at radius 3 is 2.86 bits per heavy atom. The highest BCUT2D eigenvalue weighted by Gasteiger charge is 2.09. The molecule has 0 aliphatic carbocycles. The van der Waals surface area contributed by atoms with Crippen molar-refractivity contribution in [1.82, 2.24) is 15.6 Å². The fraction of sp³-hybridized carbons (Fsp3) is 0.467. The lowest BCUT2D eigenvalue weighted by atomic mass is 10.1. The zero-order chi connectivity index (χ0) is 15.2. The molecule has 2 rings (SSSR count). The van der Waals surface area contributed by atoms with Gasteiger partial charge in [-0.2, -0.15) is 11.3 Å². The van der Waals surface area contributed by atoms with Crippen molar-refractivity contribution in [2.24, 2.45) is 0 Å². The van der Waals surface area contributed by atoms with E-state index in [-0.39, 0.29) is 12.1 Å². The van der Waals surface area contributed by atoms with Crippen LogP contribution in [0.2, 0.25) is 0 Å². The Bertz CT molecular complexity index is 578. The Hall–Kier alpha value is -1.40. The zero-order valence-electron chi connectivity index (χ0n) is 12.6. The molecule has 21 heavy (non-hydrogen) atoms. The van der Waals surface area contributed by atoms with Gasteiger partial charge in [0.1, 0.15) is 0 Å². The van der Waals surface area contributed by atoms with Crippen LogP contribution in [-0.4, -0.2) is 23.6 Å². The Morgan fingerprint density at radius 2 is 2.24 bits per heavy atom. The quantitative estimate of drug-likeness (QED) is 0.857. The van der Waals surface area contributed by atoms with Crippen LogP contribution in [0.15, 0.2) is 16.8 Å². The second-order valence-corrected chi connectivity index (χ2v) is 7.20. The topological polar surface area (TPSA) is 54.0 Å². The summed E-state index contributed by atoms with van der Waals surface area (Å²) in [7, 11) is 0. The van der Waals surface area contributed by atoms with Gasteiger partial charge < -0.3 is 10.6 Å². The van der Waals surface area contributed by atoms with Crippen molar-refractivity contribution in [3.63, 3.8) is 0 Å². The van der Waals surface area contributed by atoms with Crippen LogP contribution in [0.1, 0.15) is 28.1 Å². The number of carbonyl (C=O) groups excluding carboxylic acids is 1. The summed E-state index contributed by atoms with van der Waals surface area (Å²) in [6, 6.07) is 2.12. The lowest BCUT2D eigenvalue weighted by molar-refractivity contribution is 0.238. The molecule has 2 heterocycles. The van der Waals surface area contributed by atoms with Crippen molar-refractivity contribution in [1.29, 1.82) is 0 Å². The predicted molar refractivity (Wildman–Crippen MR) is 89.3 cm³/mol. The molecule has 1 unspecified atom stereocenters. The van der Waals surface area contributed by atoms with E-state index >= 15 is 0 Å². The van der Waals surface area contributed by atoms with Crippen LogP contribution < -0.4 is 10.6 Å². The average molecular weight is 323 g/mol. The molecule has 0 saturated carbocycles. The first-order valence-corrected chi connectivity index (χ1v) is 8.79. The lowest BCUT2D eigenvalue weighted by Crippen LogP contribution is -2.42. The summed E-state index contributed by atoms with van der Waals surface area (Å²) >= 11 is 3.38. The minimum atomic E-state index is -0.100. The first-order chi connectivity index (χ1) is 10.0. The Morgan fingerprint density at radius 1 is 1.43 bits per heavy atom. The van der Waals surface area contributed by atoms with E-state index in [4.69, 9.17) is 0 Å². The molecule has 0 bridgehead atoms. The van der Waals surface area contributed by atoms with Gasteiger partial charge in [-0.15, -0.1) is 11.3 Å². The monoisotopic (exact) mass is 323 g/mol. The third kappa shape index (κ3) is 5.13. The van der Waals surface area contributed by atoms with Gasteiger partial charge in [0.15, 0.2) is 0 Å². The maximum Gasteiger partial charge on any atom is 0.315 e. The van der Waals surface area contributed by atoms with Crippen molar-refractivity contribution >= 4 is 28.7 Å². The molecule has 0 fully saturated rings. The maximum absolute atomic E-state index is 11.8. The van der Waals surface area contributed by atoms with Crippen LogP contribution in [-0.2, 0) is 12.8 Å². The van der Waals surface area contributed by atoms with Gasteiger partial charge in [-0.1, -0.05) is 0 Å². The molecule has 1 atom stereocenters. The minimum Gasteiger partial charge on any atom is -0.338 e. The van der Waals surface area contributed by atoms with E-state index < -0.39 is 0 Å². The number of urea groups is 1. The van der Waals surface area contributed by atoms with E-state index in [2.05, 4.69) is 32.4 Å². The van der Waals surface area contributed by atoms with E-state index in [0.29, 0.717) is 6.54 Å². The summed E-state index contributed by atoms with van der Waals surface area (Å²) < 4.78 is 0. The molecule has 0 aromatic carbocycles. The number of rotatable bonds is 6. The second kappa shape index (κ2) is 7.56. The highest BCUT2D eigenvalue weighted by atomic mass is 32.1. The Kier molecular flexibility index (Phi) is 5.76. The molecule has 6 heteroatoms. The van der Waals surface area contributed by atoms with Crippen LogP contribution in [0.3, 0.4) is 0 Å². The minimum absolute atomic E-state index is 0.100. The number of hydrogen-bond acceptors (Lipinski definition) is 4. The summed E-state index contributed by atoms with van der Waals surface area (Å²) in [5, 5.41) is 11.1. The van der Waals surface area contributed by atoms with Crippen molar-refractivity contribution in [3.8, 4) is 0 Å². The molecular weight excluding hydrogens is 302 g/mol. The van der Waals surface area contributed by atoms with E-state index in [0.717, 1.165) is 23.5 Å². The highest BCUT2D eigenvalue weighted by Crippen LogP contribution is 2.17. The fourth-order valence-corrected chi connectivity index (χ4v) is 3.80. The van der Waals surface area contributed by atoms with Gasteiger partial charge in [-0.3, -0.25) is 0 Å². The standard InChI is InChI=1S/C15H21N3OS2/c1-10(8-13-5-7-20-9-13)17-15(19)16-6-4-14-11(2)18-12(3)21-14/h5,7,9-10H,4,6,8H2,1-3H3,(H2,16,17,19). The lowest BCUT2D eigenvalue weighted by Gasteiger charge is -2.13. The molecule has 0 spiro atoms. The van der Waals surface area contributed by atoms with Gasteiger partial charge in [0.05, 0.1) is 10.7 Å². The Labute approximate surface area is 133 Å². The highest BCUT2D eigenvalue weighted by molar-refractivity contribution is 7.11. The number of thiazole rings is 1. The molecule has 0 aliphatic rings. The van der Waals surface area contributed by atoms with Crippen LogP contribution in [0.4, 0.5) is 4.79 Å². The van der Waals surface area contributed by atoms with Crippen molar-refractivity contribution in [2.45, 2.75) is 39.7 Å². The number of aromatic nitrogens is 1. The molecule has 114 valence electrons. The molecular formula is C15H21N3OS2. The summed E-state index contributed by atoms with van der Waals surface area (Å²) in [4.78, 5) is 17.5. The van der Waals surface area contributed by atoms with Crippen molar-refractivity contribution < 1.29 is 4.79 Å². The summed E-state index contributed by atoms with van der Waals surface area (Å²) in [5.41, 5.74) is 2.34. The number of amides is 2. The smallest absolute Gasteiger partial charge is 0.315 e. The van der Waals surface area contributed by atoms with E-state index in [1.165, 1.54) is 10.4 Å². The number of hydrogen-bond donors (Lipinski definition) is 2. The third-order valence-electron chi connectivity index (χ3n) is 3.14. The maximum atomic E-state index is 11.8. The van der Waals surface area contributed by atoms with Crippen LogP contribution >= 0.6 is 22.7 Å². The third-order valence-corrected chi connectivity index (χ3v) is 5.00. The first-order valence-electron chi connectivity index (χ1n) is 7.03. The number of nitrogens with zero attached hydrogens (tertiary/aromatic N) is 1. The van der Waals surface area contributed by atoms with Crippen molar-refractivity contribution in [3.05, 3.63) is 38.0 Å². The van der Waals surface area contributed by atoms with Crippen LogP contribution in [0.5, 0.6) is 0 Å². The first kappa shape index (κ1) is 16.0. The molecule has 0 saturated heterocycles. The van der Waals surface area contributed by atoms with E-state index in [9.17, 15) is 4.79 Å².